The zero-order chi connectivity index (χ0) is 23.6. The lowest BCUT2D eigenvalue weighted by Crippen LogP contribution is -2.42. The van der Waals surface area contributed by atoms with E-state index in [1.165, 1.54) is 22.1 Å². The first-order valence-corrected chi connectivity index (χ1v) is 13.1. The molecule has 4 rings (SSSR count). The molecule has 2 aliphatic heterocycles. The molecule has 1 fully saturated rings. The molecule has 0 saturated carbocycles. The second-order valence-electron chi connectivity index (χ2n) is 8.15. The lowest BCUT2D eigenvalue weighted by atomic mass is 9.97. The number of hydrogen-bond acceptors (Lipinski definition) is 6. The quantitative estimate of drug-likeness (QED) is 0.647. The third-order valence-corrected chi connectivity index (χ3v) is 9.04. The smallest absolute Gasteiger partial charge is 0.243 e. The van der Waals surface area contributed by atoms with E-state index >= 15 is 0 Å². The summed E-state index contributed by atoms with van der Waals surface area (Å²) in [6.07, 6.45) is 0.922. The van der Waals surface area contributed by atoms with Gasteiger partial charge in [0, 0.05) is 30.4 Å². The van der Waals surface area contributed by atoms with Crippen molar-refractivity contribution in [3.05, 3.63) is 48.0 Å². The molecule has 2 amide bonds. The maximum absolute atomic E-state index is 13.2. The number of benzene rings is 2. The summed E-state index contributed by atoms with van der Waals surface area (Å²) in [7, 11) is -2.10. The van der Waals surface area contributed by atoms with Gasteiger partial charge in [-0.2, -0.15) is 4.31 Å². The molecule has 8 nitrogen and oxygen atoms in total. The molecule has 33 heavy (non-hydrogen) atoms. The number of amides is 2. The molecular formula is C23H27N3O5S2. The first-order valence-electron chi connectivity index (χ1n) is 10.8. The lowest BCUT2D eigenvalue weighted by Gasteiger charge is -2.31. The third kappa shape index (κ3) is 5.18. The van der Waals surface area contributed by atoms with Gasteiger partial charge < -0.3 is 15.4 Å². The van der Waals surface area contributed by atoms with Gasteiger partial charge in [0.1, 0.15) is 5.75 Å². The Morgan fingerprint density at radius 3 is 2.55 bits per heavy atom. The fourth-order valence-electron chi connectivity index (χ4n) is 3.93. The number of sulfonamides is 1. The molecule has 0 radical (unpaired) electrons. The second-order valence-corrected chi connectivity index (χ2v) is 11.5. The Labute approximate surface area is 198 Å². The van der Waals surface area contributed by atoms with Gasteiger partial charge in [-0.1, -0.05) is 12.1 Å². The summed E-state index contributed by atoms with van der Waals surface area (Å²) in [4.78, 5) is 25.6. The number of methoxy groups -OCH3 is 1. The first-order chi connectivity index (χ1) is 15.8. The van der Waals surface area contributed by atoms with E-state index in [1.54, 1.807) is 19.2 Å². The molecular weight excluding hydrogens is 462 g/mol. The number of carbonyl (C=O) groups is 2. The van der Waals surface area contributed by atoms with Crippen LogP contribution in [-0.4, -0.2) is 50.0 Å². The minimum absolute atomic E-state index is 0.0643. The van der Waals surface area contributed by atoms with Gasteiger partial charge in [-0.3, -0.25) is 9.59 Å². The third-order valence-electron chi connectivity index (χ3n) is 5.97. The van der Waals surface area contributed by atoms with Crippen LogP contribution in [0.15, 0.2) is 52.3 Å². The number of ether oxygens (including phenoxy) is 1. The summed E-state index contributed by atoms with van der Waals surface area (Å²) >= 11 is 1.41. The number of fused-ring (bicyclic) bond motifs is 1. The van der Waals surface area contributed by atoms with Crippen LogP contribution in [0.3, 0.4) is 0 Å². The number of thioether (sulfide) groups is 1. The fourth-order valence-corrected chi connectivity index (χ4v) is 6.36. The molecule has 1 atom stereocenters. The summed E-state index contributed by atoms with van der Waals surface area (Å²) in [5.74, 6) is 0.331. The van der Waals surface area contributed by atoms with E-state index in [2.05, 4.69) is 10.6 Å². The van der Waals surface area contributed by atoms with Gasteiger partial charge in [-0.25, -0.2) is 8.42 Å². The van der Waals surface area contributed by atoms with Crippen LogP contribution < -0.4 is 15.4 Å². The Bertz CT molecular complexity index is 1140. The van der Waals surface area contributed by atoms with Crippen LogP contribution in [0.1, 0.15) is 25.3 Å². The Hall–Kier alpha value is -2.56. The number of carbonyl (C=O) groups excluding carboxylic acids is 2. The molecule has 2 heterocycles. The molecule has 0 aliphatic carbocycles. The van der Waals surface area contributed by atoms with Crippen molar-refractivity contribution in [2.75, 3.05) is 25.5 Å². The first kappa shape index (κ1) is 23.6. The largest absolute Gasteiger partial charge is 0.497 e. The van der Waals surface area contributed by atoms with E-state index in [0.29, 0.717) is 25.1 Å². The van der Waals surface area contributed by atoms with Gasteiger partial charge in [-0.05, 0) is 55.7 Å². The van der Waals surface area contributed by atoms with E-state index in [-0.39, 0.29) is 41.0 Å². The van der Waals surface area contributed by atoms with Gasteiger partial charge in [0.15, 0.2) is 0 Å². The Morgan fingerprint density at radius 1 is 1.18 bits per heavy atom. The van der Waals surface area contributed by atoms with Crippen molar-refractivity contribution in [2.45, 2.75) is 41.4 Å². The van der Waals surface area contributed by atoms with Crippen LogP contribution in [0.4, 0.5) is 5.69 Å². The number of rotatable bonds is 6. The van der Waals surface area contributed by atoms with Crippen molar-refractivity contribution >= 4 is 39.3 Å². The summed E-state index contributed by atoms with van der Waals surface area (Å²) in [6.45, 7) is 2.78. The maximum atomic E-state index is 13.2. The number of anilines is 1. The Kier molecular flexibility index (Phi) is 6.96. The summed E-state index contributed by atoms with van der Waals surface area (Å²) in [5, 5.41) is 5.51. The summed E-state index contributed by atoms with van der Waals surface area (Å²) in [6, 6.07) is 12.3. The molecule has 10 heteroatoms. The van der Waals surface area contributed by atoms with Crippen molar-refractivity contribution in [1.29, 1.82) is 0 Å². The number of hydrogen-bond donors (Lipinski definition) is 2. The highest BCUT2D eigenvalue weighted by Gasteiger charge is 2.33. The topological polar surface area (TPSA) is 105 Å². The molecule has 2 aliphatic rings. The van der Waals surface area contributed by atoms with Gasteiger partial charge in [-0.15, -0.1) is 11.8 Å². The summed E-state index contributed by atoms with van der Waals surface area (Å²) in [5.41, 5.74) is 1.49. The summed E-state index contributed by atoms with van der Waals surface area (Å²) < 4.78 is 32.9. The van der Waals surface area contributed by atoms with E-state index < -0.39 is 10.0 Å². The van der Waals surface area contributed by atoms with Gasteiger partial charge in [0.2, 0.25) is 21.8 Å². The highest BCUT2D eigenvalue weighted by Crippen LogP contribution is 2.37. The minimum atomic E-state index is -3.71. The SMILES string of the molecule is COc1ccc(CNC(=O)C2CCN(S(=O)(=O)c3ccc4c(c3)NC(=O)[C@@H](C)S4)CC2)cc1. The number of piperidine rings is 1. The van der Waals surface area contributed by atoms with Crippen molar-refractivity contribution in [3.63, 3.8) is 0 Å². The molecule has 2 aromatic rings. The molecule has 0 spiro atoms. The standard InChI is InChI=1S/C23H27N3O5S2/c1-15-22(27)25-20-13-19(7-8-21(20)32-15)33(29,30)26-11-9-17(10-12-26)23(28)24-14-16-3-5-18(31-2)6-4-16/h3-8,13,15,17H,9-12,14H2,1-2H3,(H,24,28)(H,25,27)/t15-/m1/s1. The van der Waals surface area contributed by atoms with E-state index in [1.807, 2.05) is 31.2 Å². The fraction of sp³-hybridized carbons (Fsp3) is 0.391. The molecule has 0 aromatic heterocycles. The molecule has 2 aromatic carbocycles. The zero-order valence-electron chi connectivity index (χ0n) is 18.5. The van der Waals surface area contributed by atoms with Crippen molar-refractivity contribution in [3.8, 4) is 5.75 Å². The second kappa shape index (κ2) is 9.74. The Balaban J connectivity index is 1.34. The van der Waals surface area contributed by atoms with Crippen molar-refractivity contribution in [2.24, 2.45) is 5.92 Å². The highest BCUT2D eigenvalue weighted by molar-refractivity contribution is 8.01. The van der Waals surface area contributed by atoms with E-state index in [4.69, 9.17) is 4.74 Å². The number of nitrogens with one attached hydrogen (secondary N) is 2. The predicted molar refractivity (Wildman–Crippen MR) is 127 cm³/mol. The van der Waals surface area contributed by atoms with Gasteiger partial charge >= 0.3 is 0 Å². The monoisotopic (exact) mass is 489 g/mol. The van der Waals surface area contributed by atoms with Crippen LogP contribution in [-0.2, 0) is 26.2 Å². The van der Waals surface area contributed by atoms with Crippen LogP contribution in [0.5, 0.6) is 5.75 Å². The molecule has 0 bridgehead atoms. The average Bonchev–Trinajstić information content (AvgIpc) is 2.83. The van der Waals surface area contributed by atoms with Crippen LogP contribution in [0, 0.1) is 5.92 Å². The molecule has 2 N–H and O–H groups in total. The van der Waals surface area contributed by atoms with Crippen LogP contribution >= 0.6 is 11.8 Å². The van der Waals surface area contributed by atoms with Crippen molar-refractivity contribution in [1.82, 2.24) is 9.62 Å². The average molecular weight is 490 g/mol. The molecule has 176 valence electrons. The van der Waals surface area contributed by atoms with E-state index in [9.17, 15) is 18.0 Å². The normalized spacial score (nSPS) is 19.5. The molecule has 0 unspecified atom stereocenters. The van der Waals surface area contributed by atoms with Gasteiger partial charge in [0.05, 0.1) is 22.9 Å². The van der Waals surface area contributed by atoms with Gasteiger partial charge in [0.25, 0.3) is 0 Å². The van der Waals surface area contributed by atoms with Crippen molar-refractivity contribution < 1.29 is 22.7 Å². The lowest BCUT2D eigenvalue weighted by molar-refractivity contribution is -0.126. The number of nitrogens with zero attached hydrogens (tertiary/aromatic N) is 1. The van der Waals surface area contributed by atoms with Crippen LogP contribution in [0.25, 0.3) is 0 Å². The minimum Gasteiger partial charge on any atom is -0.497 e. The Morgan fingerprint density at radius 2 is 1.88 bits per heavy atom. The van der Waals surface area contributed by atoms with E-state index in [0.717, 1.165) is 16.2 Å². The highest BCUT2D eigenvalue weighted by atomic mass is 32.2. The van der Waals surface area contributed by atoms with Crippen LogP contribution in [0.2, 0.25) is 0 Å². The maximum Gasteiger partial charge on any atom is 0.243 e. The zero-order valence-corrected chi connectivity index (χ0v) is 20.2. The molecule has 1 saturated heterocycles. The predicted octanol–water partition coefficient (Wildman–Crippen LogP) is 2.85.